The molecule has 0 aliphatic carbocycles. The summed E-state index contributed by atoms with van der Waals surface area (Å²) in [5.41, 5.74) is 0.995. The summed E-state index contributed by atoms with van der Waals surface area (Å²) in [4.78, 5) is 24.4. The fourth-order valence-electron chi connectivity index (χ4n) is 2.25. The van der Waals surface area contributed by atoms with Crippen molar-refractivity contribution in [1.82, 2.24) is 4.90 Å². The zero-order valence-corrected chi connectivity index (χ0v) is 15.5. The predicted molar refractivity (Wildman–Crippen MR) is 71.0 cm³/mol. The molecule has 3 rings (SSSR count). The average molecular weight is 329 g/mol. The van der Waals surface area contributed by atoms with Gasteiger partial charge in [-0.1, -0.05) is 42.1 Å². The maximum absolute atomic E-state index is 11.4. The van der Waals surface area contributed by atoms with Crippen LogP contribution < -0.4 is 56.5 Å². The van der Waals surface area contributed by atoms with E-state index < -0.39 is 5.97 Å². The maximum Gasteiger partial charge on any atom is 1.00 e. The van der Waals surface area contributed by atoms with Crippen LogP contribution in [0.4, 0.5) is 0 Å². The third kappa shape index (κ3) is 3.61. The van der Waals surface area contributed by atoms with Gasteiger partial charge in [0.25, 0.3) is 0 Å². The standard InChI is InChI=1S/C14H13NO4S.K/c16-11-6-12-15(11)13(14(17)18)10(20-12)8-19-7-9-4-2-1-3-5-9;/h1-5,12H,6-8H2,(H,17,18);/q;+1/p-1/t12-;/m0./s1. The number of hydrogen-bond acceptors (Lipinski definition) is 5. The van der Waals surface area contributed by atoms with Gasteiger partial charge in [-0.3, -0.25) is 9.69 Å². The van der Waals surface area contributed by atoms with Crippen LogP contribution in [0.25, 0.3) is 0 Å². The van der Waals surface area contributed by atoms with Crippen LogP contribution in [0.3, 0.4) is 0 Å². The number of ether oxygens (including phenoxy) is 1. The number of carboxylic acids is 1. The fraction of sp³-hybridized carbons (Fsp3) is 0.286. The van der Waals surface area contributed by atoms with Gasteiger partial charge in [-0.15, -0.1) is 0 Å². The van der Waals surface area contributed by atoms with Gasteiger partial charge in [-0.05, 0) is 5.56 Å². The minimum absolute atomic E-state index is 0. The van der Waals surface area contributed by atoms with Crippen molar-refractivity contribution in [2.75, 3.05) is 6.61 Å². The van der Waals surface area contributed by atoms with Crippen molar-refractivity contribution in [3.63, 3.8) is 0 Å². The van der Waals surface area contributed by atoms with Gasteiger partial charge in [0.05, 0.1) is 36.7 Å². The predicted octanol–water partition coefficient (Wildman–Crippen LogP) is -2.53. The molecule has 1 aromatic rings. The van der Waals surface area contributed by atoms with Crippen molar-refractivity contribution >= 4 is 23.6 Å². The van der Waals surface area contributed by atoms with Crippen molar-refractivity contribution in [3.05, 3.63) is 46.5 Å². The molecule has 0 N–H and O–H groups in total. The molecule has 1 aromatic carbocycles. The van der Waals surface area contributed by atoms with Crippen LogP contribution in [0, 0.1) is 0 Å². The molecule has 0 saturated carbocycles. The second kappa shape index (κ2) is 7.41. The van der Waals surface area contributed by atoms with E-state index in [1.165, 1.54) is 16.7 Å². The largest absolute Gasteiger partial charge is 1.00 e. The van der Waals surface area contributed by atoms with Crippen LogP contribution in [0.1, 0.15) is 12.0 Å². The molecule has 5 nitrogen and oxygen atoms in total. The van der Waals surface area contributed by atoms with Gasteiger partial charge >= 0.3 is 51.4 Å². The number of benzene rings is 1. The first-order valence-electron chi connectivity index (χ1n) is 6.21. The van der Waals surface area contributed by atoms with Crippen LogP contribution >= 0.6 is 11.8 Å². The van der Waals surface area contributed by atoms with E-state index in [0.29, 0.717) is 17.9 Å². The van der Waals surface area contributed by atoms with Crippen LogP contribution in [0.2, 0.25) is 0 Å². The Kier molecular flexibility index (Phi) is 6.07. The number of aliphatic carboxylic acids is 1. The third-order valence-corrected chi connectivity index (χ3v) is 4.47. The number of hydrogen-bond donors (Lipinski definition) is 0. The number of rotatable bonds is 5. The topological polar surface area (TPSA) is 69.7 Å². The zero-order valence-electron chi connectivity index (χ0n) is 11.6. The van der Waals surface area contributed by atoms with E-state index in [1.54, 1.807) is 0 Å². The van der Waals surface area contributed by atoms with E-state index in [2.05, 4.69) is 0 Å². The van der Waals surface area contributed by atoms with Crippen molar-refractivity contribution in [2.24, 2.45) is 0 Å². The SMILES string of the molecule is O=C([O-])C1=C(COCc2ccccc2)S[C@H]2CC(=O)N12.[K+]. The molecular formula is C14H12KNO4S. The molecular weight excluding hydrogens is 317 g/mol. The number of carboxylic acid groups (broad SMARTS) is 1. The number of amides is 1. The number of nitrogens with zero attached hydrogens (tertiary/aromatic N) is 1. The second-order valence-electron chi connectivity index (χ2n) is 4.58. The molecule has 0 unspecified atom stereocenters. The number of β-lactam (4-membered cyclic amide) rings is 1. The number of fused-ring (bicyclic) bond motifs is 1. The smallest absolute Gasteiger partial charge is 0.543 e. The summed E-state index contributed by atoms with van der Waals surface area (Å²) in [7, 11) is 0. The monoisotopic (exact) mass is 329 g/mol. The van der Waals surface area contributed by atoms with Gasteiger partial charge in [-0.2, -0.15) is 0 Å². The molecule has 1 amide bonds. The molecule has 2 aliphatic rings. The molecule has 0 bridgehead atoms. The van der Waals surface area contributed by atoms with Gasteiger partial charge in [0.2, 0.25) is 5.91 Å². The summed E-state index contributed by atoms with van der Waals surface area (Å²) >= 11 is 1.37. The van der Waals surface area contributed by atoms with E-state index in [0.717, 1.165) is 5.56 Å². The van der Waals surface area contributed by atoms with Crippen molar-refractivity contribution in [1.29, 1.82) is 0 Å². The molecule has 1 saturated heterocycles. The summed E-state index contributed by atoms with van der Waals surface area (Å²) in [6.45, 7) is 0.590. The maximum atomic E-state index is 11.4. The van der Waals surface area contributed by atoms with Gasteiger partial charge in [0.1, 0.15) is 0 Å². The van der Waals surface area contributed by atoms with Crippen LogP contribution in [0.15, 0.2) is 40.9 Å². The summed E-state index contributed by atoms with van der Waals surface area (Å²) < 4.78 is 5.54. The number of thioether (sulfide) groups is 1. The quantitative estimate of drug-likeness (QED) is 0.440. The normalized spacial score (nSPS) is 19.9. The molecule has 2 aliphatic heterocycles. The molecule has 0 radical (unpaired) electrons. The molecule has 0 spiro atoms. The summed E-state index contributed by atoms with van der Waals surface area (Å²) in [5.74, 6) is -1.48. The second-order valence-corrected chi connectivity index (χ2v) is 5.85. The van der Waals surface area contributed by atoms with Crippen molar-refractivity contribution in [3.8, 4) is 0 Å². The minimum Gasteiger partial charge on any atom is -0.543 e. The first-order chi connectivity index (χ1) is 9.66. The Balaban J connectivity index is 0.00000161. The van der Waals surface area contributed by atoms with Gasteiger partial charge < -0.3 is 14.6 Å². The molecule has 1 atom stereocenters. The van der Waals surface area contributed by atoms with Gasteiger partial charge in [0, 0.05) is 4.91 Å². The minimum atomic E-state index is -1.31. The molecule has 2 heterocycles. The van der Waals surface area contributed by atoms with Gasteiger partial charge in [-0.25, -0.2) is 0 Å². The summed E-state index contributed by atoms with van der Waals surface area (Å²) in [6.07, 6.45) is 0.379. The van der Waals surface area contributed by atoms with E-state index in [9.17, 15) is 14.7 Å². The Labute approximate surface area is 169 Å². The third-order valence-electron chi connectivity index (χ3n) is 3.23. The Morgan fingerprint density at radius 2 is 2.05 bits per heavy atom. The van der Waals surface area contributed by atoms with E-state index in [4.69, 9.17) is 4.74 Å². The fourth-order valence-corrected chi connectivity index (χ4v) is 3.58. The Morgan fingerprint density at radius 1 is 1.33 bits per heavy atom. The molecule has 0 aromatic heterocycles. The van der Waals surface area contributed by atoms with E-state index >= 15 is 0 Å². The van der Waals surface area contributed by atoms with Crippen LogP contribution in [0.5, 0.6) is 0 Å². The number of carbonyl (C=O) groups is 2. The Bertz CT molecular complexity index is 590. The number of carbonyl (C=O) groups excluding carboxylic acids is 2. The first kappa shape index (κ1) is 17.2. The molecule has 21 heavy (non-hydrogen) atoms. The van der Waals surface area contributed by atoms with E-state index in [-0.39, 0.29) is 75.0 Å². The van der Waals surface area contributed by atoms with E-state index in [1.807, 2.05) is 30.3 Å². The molecule has 7 heteroatoms. The molecule has 104 valence electrons. The first-order valence-corrected chi connectivity index (χ1v) is 7.09. The zero-order chi connectivity index (χ0) is 14.1. The Morgan fingerprint density at radius 3 is 2.67 bits per heavy atom. The Hall–Kier alpha value is -0.154. The van der Waals surface area contributed by atoms with Crippen LogP contribution in [-0.4, -0.2) is 28.8 Å². The van der Waals surface area contributed by atoms with Gasteiger partial charge in [0.15, 0.2) is 0 Å². The molecule has 1 fully saturated rings. The summed E-state index contributed by atoms with van der Waals surface area (Å²) in [5, 5.41) is 11.1. The van der Waals surface area contributed by atoms with Crippen molar-refractivity contribution in [2.45, 2.75) is 18.4 Å². The van der Waals surface area contributed by atoms with Crippen molar-refractivity contribution < 1.29 is 70.8 Å². The summed E-state index contributed by atoms with van der Waals surface area (Å²) in [6, 6.07) is 9.63. The van der Waals surface area contributed by atoms with Crippen LogP contribution in [-0.2, 0) is 20.9 Å². The average Bonchev–Trinajstić information content (AvgIpc) is 2.73.